The standard InChI is InChI=1S/C15H31N3/c1-15(2,18-10-8-16-9-11-18)13-17-12-14-6-4-3-5-7-14/h14,16-17H,3-13H2,1-2H3. The maximum absolute atomic E-state index is 3.73. The van der Waals surface area contributed by atoms with Gasteiger partial charge in [-0.1, -0.05) is 19.3 Å². The third-order valence-corrected chi connectivity index (χ3v) is 4.69. The van der Waals surface area contributed by atoms with Gasteiger partial charge in [-0.15, -0.1) is 0 Å². The van der Waals surface area contributed by atoms with Crippen LogP contribution in [0.25, 0.3) is 0 Å². The summed E-state index contributed by atoms with van der Waals surface area (Å²) in [4.78, 5) is 2.62. The van der Waals surface area contributed by atoms with Gasteiger partial charge < -0.3 is 10.6 Å². The molecular formula is C15H31N3. The molecular weight excluding hydrogens is 222 g/mol. The maximum Gasteiger partial charge on any atom is 0.0278 e. The van der Waals surface area contributed by atoms with Gasteiger partial charge in [-0.25, -0.2) is 0 Å². The highest BCUT2D eigenvalue weighted by Gasteiger charge is 2.27. The van der Waals surface area contributed by atoms with E-state index in [0.717, 1.165) is 25.6 Å². The lowest BCUT2D eigenvalue weighted by atomic mass is 9.89. The van der Waals surface area contributed by atoms with E-state index < -0.39 is 0 Å². The molecule has 0 aromatic carbocycles. The summed E-state index contributed by atoms with van der Waals surface area (Å²) in [6.45, 7) is 11.8. The summed E-state index contributed by atoms with van der Waals surface area (Å²) in [5.41, 5.74) is 0.302. The summed E-state index contributed by atoms with van der Waals surface area (Å²) < 4.78 is 0. The second-order valence-corrected chi connectivity index (χ2v) is 6.68. The Morgan fingerprint density at radius 2 is 1.78 bits per heavy atom. The van der Waals surface area contributed by atoms with Gasteiger partial charge in [0.15, 0.2) is 0 Å². The predicted octanol–water partition coefficient (Wildman–Crippen LogP) is 1.84. The average Bonchev–Trinajstić information content (AvgIpc) is 2.41. The molecule has 1 saturated heterocycles. The zero-order valence-electron chi connectivity index (χ0n) is 12.3. The molecule has 2 rings (SSSR count). The van der Waals surface area contributed by atoms with Crippen LogP contribution in [0.2, 0.25) is 0 Å². The van der Waals surface area contributed by atoms with Gasteiger partial charge in [-0.2, -0.15) is 0 Å². The van der Waals surface area contributed by atoms with Crippen molar-refractivity contribution in [2.75, 3.05) is 39.3 Å². The quantitative estimate of drug-likeness (QED) is 0.783. The fraction of sp³-hybridized carbons (Fsp3) is 1.00. The van der Waals surface area contributed by atoms with Crippen LogP contribution in [0.15, 0.2) is 0 Å². The average molecular weight is 253 g/mol. The van der Waals surface area contributed by atoms with Crippen LogP contribution in [0, 0.1) is 5.92 Å². The van der Waals surface area contributed by atoms with Gasteiger partial charge in [-0.3, -0.25) is 4.90 Å². The largest absolute Gasteiger partial charge is 0.315 e. The number of hydrogen-bond acceptors (Lipinski definition) is 3. The fourth-order valence-corrected chi connectivity index (χ4v) is 3.36. The number of nitrogens with zero attached hydrogens (tertiary/aromatic N) is 1. The van der Waals surface area contributed by atoms with Crippen LogP contribution in [-0.4, -0.2) is 49.7 Å². The number of rotatable bonds is 5. The van der Waals surface area contributed by atoms with Crippen LogP contribution in [0.4, 0.5) is 0 Å². The molecule has 18 heavy (non-hydrogen) atoms. The van der Waals surface area contributed by atoms with Crippen LogP contribution < -0.4 is 10.6 Å². The van der Waals surface area contributed by atoms with E-state index in [1.807, 2.05) is 0 Å². The van der Waals surface area contributed by atoms with E-state index in [0.29, 0.717) is 5.54 Å². The van der Waals surface area contributed by atoms with Crippen molar-refractivity contribution in [1.29, 1.82) is 0 Å². The maximum atomic E-state index is 3.73. The highest BCUT2D eigenvalue weighted by atomic mass is 15.2. The summed E-state index contributed by atoms with van der Waals surface area (Å²) in [5, 5.41) is 7.16. The second kappa shape index (κ2) is 6.88. The van der Waals surface area contributed by atoms with Gasteiger partial charge in [0.25, 0.3) is 0 Å². The summed E-state index contributed by atoms with van der Waals surface area (Å²) in [5.74, 6) is 0.942. The van der Waals surface area contributed by atoms with Crippen LogP contribution in [-0.2, 0) is 0 Å². The molecule has 2 N–H and O–H groups in total. The Kier molecular flexibility index (Phi) is 5.46. The van der Waals surface area contributed by atoms with Crippen LogP contribution in [0.3, 0.4) is 0 Å². The minimum atomic E-state index is 0.302. The lowest BCUT2D eigenvalue weighted by Gasteiger charge is -2.41. The first kappa shape index (κ1) is 14.3. The van der Waals surface area contributed by atoms with Gasteiger partial charge in [-0.05, 0) is 39.2 Å². The smallest absolute Gasteiger partial charge is 0.0278 e. The molecule has 3 heteroatoms. The SMILES string of the molecule is CC(C)(CNCC1CCCCC1)N1CCNCC1. The Balaban J connectivity index is 1.67. The van der Waals surface area contributed by atoms with Crippen molar-refractivity contribution >= 4 is 0 Å². The number of nitrogens with one attached hydrogen (secondary N) is 2. The molecule has 106 valence electrons. The van der Waals surface area contributed by atoms with Crippen molar-refractivity contribution in [2.45, 2.75) is 51.5 Å². The zero-order valence-corrected chi connectivity index (χ0v) is 12.3. The van der Waals surface area contributed by atoms with Gasteiger partial charge in [0.2, 0.25) is 0 Å². The normalized spacial score (nSPS) is 24.3. The van der Waals surface area contributed by atoms with E-state index in [4.69, 9.17) is 0 Å². The topological polar surface area (TPSA) is 27.3 Å². The summed E-state index contributed by atoms with van der Waals surface area (Å²) in [6, 6.07) is 0. The number of piperazine rings is 1. The van der Waals surface area contributed by atoms with Gasteiger partial charge >= 0.3 is 0 Å². The van der Waals surface area contributed by atoms with E-state index in [9.17, 15) is 0 Å². The minimum Gasteiger partial charge on any atom is -0.315 e. The highest BCUT2D eigenvalue weighted by Crippen LogP contribution is 2.23. The zero-order chi connectivity index (χ0) is 12.8. The molecule has 0 amide bonds. The van der Waals surface area contributed by atoms with E-state index in [-0.39, 0.29) is 0 Å². The molecule has 2 aliphatic rings. The summed E-state index contributed by atoms with van der Waals surface area (Å²) >= 11 is 0. The first-order valence-electron chi connectivity index (χ1n) is 7.85. The molecule has 0 aromatic rings. The highest BCUT2D eigenvalue weighted by molar-refractivity contribution is 4.87. The van der Waals surface area contributed by atoms with E-state index in [1.54, 1.807) is 0 Å². The third-order valence-electron chi connectivity index (χ3n) is 4.69. The van der Waals surface area contributed by atoms with Crippen molar-refractivity contribution < 1.29 is 0 Å². The molecule has 2 fully saturated rings. The molecule has 1 heterocycles. The molecule has 1 aliphatic carbocycles. The first-order chi connectivity index (χ1) is 8.68. The van der Waals surface area contributed by atoms with E-state index >= 15 is 0 Å². The fourth-order valence-electron chi connectivity index (χ4n) is 3.36. The Bertz CT molecular complexity index is 228. The van der Waals surface area contributed by atoms with Crippen molar-refractivity contribution in [1.82, 2.24) is 15.5 Å². The van der Waals surface area contributed by atoms with Gasteiger partial charge in [0.1, 0.15) is 0 Å². The van der Waals surface area contributed by atoms with Crippen molar-refractivity contribution in [3.63, 3.8) is 0 Å². The second-order valence-electron chi connectivity index (χ2n) is 6.68. The number of hydrogen-bond donors (Lipinski definition) is 2. The molecule has 1 aliphatic heterocycles. The molecule has 0 radical (unpaired) electrons. The summed E-state index contributed by atoms with van der Waals surface area (Å²) in [6.07, 6.45) is 7.26. The van der Waals surface area contributed by atoms with Crippen LogP contribution in [0.1, 0.15) is 46.0 Å². The Labute approximate surface area is 113 Å². The molecule has 0 aromatic heterocycles. The van der Waals surface area contributed by atoms with Crippen molar-refractivity contribution in [3.05, 3.63) is 0 Å². The predicted molar refractivity (Wildman–Crippen MR) is 78.0 cm³/mol. The van der Waals surface area contributed by atoms with E-state index in [1.165, 1.54) is 51.7 Å². The molecule has 3 nitrogen and oxygen atoms in total. The first-order valence-corrected chi connectivity index (χ1v) is 7.85. The van der Waals surface area contributed by atoms with Gasteiger partial charge in [0, 0.05) is 38.3 Å². The van der Waals surface area contributed by atoms with Crippen molar-refractivity contribution in [3.8, 4) is 0 Å². The lowest BCUT2D eigenvalue weighted by Crippen LogP contribution is -2.57. The van der Waals surface area contributed by atoms with E-state index in [2.05, 4.69) is 29.4 Å². The molecule has 0 unspecified atom stereocenters. The Morgan fingerprint density at radius 1 is 1.11 bits per heavy atom. The van der Waals surface area contributed by atoms with Crippen LogP contribution >= 0.6 is 0 Å². The van der Waals surface area contributed by atoms with Crippen LogP contribution in [0.5, 0.6) is 0 Å². The summed E-state index contributed by atoms with van der Waals surface area (Å²) in [7, 11) is 0. The molecule has 0 bridgehead atoms. The monoisotopic (exact) mass is 253 g/mol. The Morgan fingerprint density at radius 3 is 2.44 bits per heavy atom. The van der Waals surface area contributed by atoms with Gasteiger partial charge in [0.05, 0.1) is 0 Å². The van der Waals surface area contributed by atoms with Crippen molar-refractivity contribution in [2.24, 2.45) is 5.92 Å². The molecule has 0 atom stereocenters. The third kappa shape index (κ3) is 4.22. The molecule has 1 saturated carbocycles. The molecule has 0 spiro atoms. The minimum absolute atomic E-state index is 0.302. The lowest BCUT2D eigenvalue weighted by molar-refractivity contribution is 0.101. The Hall–Kier alpha value is -0.120.